The maximum absolute atomic E-state index is 10.7. The number of hydrogen-bond acceptors (Lipinski definition) is 6. The second-order valence-corrected chi connectivity index (χ2v) is 4.27. The third-order valence-corrected chi connectivity index (χ3v) is 2.88. The summed E-state index contributed by atoms with van der Waals surface area (Å²) in [6.07, 6.45) is 0. The van der Waals surface area contributed by atoms with Crippen LogP contribution >= 0.6 is 0 Å². The van der Waals surface area contributed by atoms with E-state index in [-0.39, 0.29) is 11.4 Å². The highest BCUT2D eigenvalue weighted by molar-refractivity contribution is 5.62. The van der Waals surface area contributed by atoms with Crippen LogP contribution in [0.5, 0.6) is 0 Å². The maximum Gasteiger partial charge on any atom is 0.292 e. The number of nitrogens with zero attached hydrogens (tertiary/aromatic N) is 5. The number of anilines is 1. The Kier molecular flexibility index (Phi) is 3.03. The van der Waals surface area contributed by atoms with E-state index in [0.717, 1.165) is 5.56 Å². The van der Waals surface area contributed by atoms with Gasteiger partial charge in [0.2, 0.25) is 5.82 Å². The summed E-state index contributed by atoms with van der Waals surface area (Å²) in [7, 11) is 0. The Morgan fingerprint density at radius 3 is 2.57 bits per heavy atom. The van der Waals surface area contributed by atoms with Crippen molar-refractivity contribution in [3.8, 4) is 17.1 Å². The Labute approximate surface area is 119 Å². The predicted octanol–water partition coefficient (Wildman–Crippen LogP) is 1.82. The zero-order valence-corrected chi connectivity index (χ0v) is 10.7. The van der Waals surface area contributed by atoms with E-state index in [1.165, 1.54) is 23.0 Å². The number of nitrogen functional groups attached to an aromatic ring is 1. The molecule has 1 heterocycles. The third-order valence-electron chi connectivity index (χ3n) is 2.88. The average Bonchev–Trinajstić information content (AvgIpc) is 2.97. The highest BCUT2D eigenvalue weighted by atomic mass is 16.6. The van der Waals surface area contributed by atoms with Crippen molar-refractivity contribution < 1.29 is 4.92 Å². The Balaban J connectivity index is 1.97. The molecule has 0 fully saturated rings. The van der Waals surface area contributed by atoms with E-state index in [9.17, 15) is 10.1 Å². The molecule has 0 radical (unpaired) electrons. The molecule has 104 valence electrons. The summed E-state index contributed by atoms with van der Waals surface area (Å²) in [4.78, 5) is 11.5. The first-order valence-corrected chi connectivity index (χ1v) is 6.05. The zero-order chi connectivity index (χ0) is 14.8. The summed E-state index contributed by atoms with van der Waals surface area (Å²) in [5.41, 5.74) is 6.89. The summed E-state index contributed by atoms with van der Waals surface area (Å²) >= 11 is 0. The van der Waals surface area contributed by atoms with Gasteiger partial charge in [-0.05, 0) is 17.3 Å². The fourth-order valence-corrected chi connectivity index (χ4v) is 1.86. The second kappa shape index (κ2) is 5.00. The molecule has 0 aliphatic heterocycles. The first-order chi connectivity index (χ1) is 10.1. The molecule has 0 saturated carbocycles. The number of benzene rings is 2. The van der Waals surface area contributed by atoms with Gasteiger partial charge in [0.15, 0.2) is 0 Å². The average molecular weight is 282 g/mol. The van der Waals surface area contributed by atoms with E-state index in [1.54, 1.807) is 0 Å². The van der Waals surface area contributed by atoms with E-state index in [4.69, 9.17) is 5.73 Å². The predicted molar refractivity (Wildman–Crippen MR) is 75.7 cm³/mol. The molecule has 0 aliphatic rings. The van der Waals surface area contributed by atoms with E-state index in [0.29, 0.717) is 11.5 Å². The first kappa shape index (κ1) is 12.7. The molecule has 1 aromatic heterocycles. The lowest BCUT2D eigenvalue weighted by molar-refractivity contribution is -0.383. The Bertz CT molecular complexity index is 799. The highest BCUT2D eigenvalue weighted by Crippen LogP contribution is 2.23. The topological polar surface area (TPSA) is 113 Å². The van der Waals surface area contributed by atoms with Gasteiger partial charge in [-0.3, -0.25) is 10.1 Å². The molecule has 2 N–H and O–H groups in total. The Hall–Kier alpha value is -3.29. The Morgan fingerprint density at radius 2 is 1.90 bits per heavy atom. The van der Waals surface area contributed by atoms with Crippen LogP contribution in [0.1, 0.15) is 0 Å². The lowest BCUT2D eigenvalue weighted by Crippen LogP contribution is -2.02. The van der Waals surface area contributed by atoms with Gasteiger partial charge in [-0.15, -0.1) is 15.0 Å². The lowest BCUT2D eigenvalue weighted by atomic mass is 10.2. The summed E-state index contributed by atoms with van der Waals surface area (Å²) in [6.45, 7) is 0. The van der Waals surface area contributed by atoms with Crippen LogP contribution in [0, 0.1) is 10.1 Å². The monoisotopic (exact) mass is 282 g/mol. The standard InChI is InChI=1S/C13H10N6O2/c14-11-8-10(6-7-12(11)19(20)21)18-16-13(15-17-18)9-4-2-1-3-5-9/h1-8H,14H2. The molecule has 8 heteroatoms. The molecule has 0 bridgehead atoms. The summed E-state index contributed by atoms with van der Waals surface area (Å²) in [5.74, 6) is 0.465. The number of hydrogen-bond donors (Lipinski definition) is 1. The quantitative estimate of drug-likeness (QED) is 0.445. The van der Waals surface area contributed by atoms with Gasteiger partial charge in [-0.2, -0.15) is 0 Å². The van der Waals surface area contributed by atoms with Gasteiger partial charge in [-0.25, -0.2) is 0 Å². The van der Waals surface area contributed by atoms with Crippen LogP contribution < -0.4 is 5.73 Å². The van der Waals surface area contributed by atoms with Crippen molar-refractivity contribution in [2.45, 2.75) is 0 Å². The summed E-state index contributed by atoms with van der Waals surface area (Å²) < 4.78 is 0. The molecule has 0 aliphatic carbocycles. The molecule has 3 aromatic rings. The number of aromatic nitrogens is 4. The van der Waals surface area contributed by atoms with E-state index < -0.39 is 4.92 Å². The molecule has 21 heavy (non-hydrogen) atoms. The van der Waals surface area contributed by atoms with E-state index >= 15 is 0 Å². The fraction of sp³-hybridized carbons (Fsp3) is 0. The van der Waals surface area contributed by atoms with Crippen LogP contribution in [0.4, 0.5) is 11.4 Å². The van der Waals surface area contributed by atoms with Crippen molar-refractivity contribution in [2.75, 3.05) is 5.73 Å². The molecule has 0 spiro atoms. The SMILES string of the molecule is Nc1cc(-n2nnc(-c3ccccc3)n2)ccc1[N+](=O)[O-]. The molecular weight excluding hydrogens is 272 g/mol. The van der Waals surface area contributed by atoms with Crippen molar-refractivity contribution in [3.05, 3.63) is 58.6 Å². The Morgan fingerprint density at radius 1 is 1.14 bits per heavy atom. The molecule has 0 amide bonds. The smallest absolute Gasteiger partial charge is 0.292 e. The normalized spacial score (nSPS) is 10.5. The van der Waals surface area contributed by atoms with Crippen LogP contribution in [0.3, 0.4) is 0 Å². The van der Waals surface area contributed by atoms with E-state index in [2.05, 4.69) is 15.4 Å². The van der Waals surface area contributed by atoms with Gasteiger partial charge >= 0.3 is 0 Å². The number of nitro benzene ring substituents is 1. The molecule has 3 rings (SSSR count). The molecule has 2 aromatic carbocycles. The number of rotatable bonds is 3. The summed E-state index contributed by atoms with van der Waals surface area (Å²) in [5, 5.41) is 22.9. The second-order valence-electron chi connectivity index (χ2n) is 4.27. The minimum Gasteiger partial charge on any atom is -0.393 e. The van der Waals surface area contributed by atoms with Crippen molar-refractivity contribution in [1.29, 1.82) is 0 Å². The number of nitro groups is 1. The first-order valence-electron chi connectivity index (χ1n) is 6.05. The van der Waals surface area contributed by atoms with Crippen LogP contribution in [0.2, 0.25) is 0 Å². The molecule has 0 saturated heterocycles. The van der Waals surface area contributed by atoms with Crippen LogP contribution in [-0.4, -0.2) is 25.1 Å². The van der Waals surface area contributed by atoms with Gasteiger partial charge in [-0.1, -0.05) is 30.3 Å². The van der Waals surface area contributed by atoms with Crippen LogP contribution in [0.15, 0.2) is 48.5 Å². The number of tetrazole rings is 1. The van der Waals surface area contributed by atoms with Crippen molar-refractivity contribution >= 4 is 11.4 Å². The summed E-state index contributed by atoms with van der Waals surface area (Å²) in [6, 6.07) is 13.7. The van der Waals surface area contributed by atoms with Crippen LogP contribution in [-0.2, 0) is 0 Å². The van der Waals surface area contributed by atoms with E-state index in [1.807, 2.05) is 30.3 Å². The van der Waals surface area contributed by atoms with Crippen molar-refractivity contribution in [3.63, 3.8) is 0 Å². The molecule has 0 atom stereocenters. The largest absolute Gasteiger partial charge is 0.393 e. The third kappa shape index (κ3) is 2.41. The minimum atomic E-state index is -0.538. The lowest BCUT2D eigenvalue weighted by Gasteiger charge is -2.00. The minimum absolute atomic E-state index is 0.0519. The van der Waals surface area contributed by atoms with Crippen molar-refractivity contribution in [1.82, 2.24) is 20.2 Å². The molecule has 8 nitrogen and oxygen atoms in total. The molecular formula is C13H10N6O2. The van der Waals surface area contributed by atoms with Gasteiger partial charge in [0.1, 0.15) is 5.69 Å². The maximum atomic E-state index is 10.7. The van der Waals surface area contributed by atoms with Gasteiger partial charge in [0, 0.05) is 11.6 Å². The van der Waals surface area contributed by atoms with Gasteiger partial charge in [0.05, 0.1) is 10.6 Å². The van der Waals surface area contributed by atoms with Gasteiger partial charge in [0.25, 0.3) is 5.69 Å². The van der Waals surface area contributed by atoms with Crippen LogP contribution in [0.25, 0.3) is 17.1 Å². The zero-order valence-electron chi connectivity index (χ0n) is 10.7. The fourth-order valence-electron chi connectivity index (χ4n) is 1.86. The van der Waals surface area contributed by atoms with Crippen molar-refractivity contribution in [2.24, 2.45) is 0 Å². The molecule has 0 unspecified atom stereocenters. The van der Waals surface area contributed by atoms with Gasteiger partial charge < -0.3 is 5.73 Å². The number of nitrogens with two attached hydrogens (primary N) is 1. The highest BCUT2D eigenvalue weighted by Gasteiger charge is 2.13.